The summed E-state index contributed by atoms with van der Waals surface area (Å²) in [6.45, 7) is 2.38. The standard InChI is InChI=1S/C26H30N2O6/c1-2-13-28(15-24(29)30)25(31)23-12-11-17(34-23)14-27-26(32)33-16-22-20-9-5-3-7-18(20)19-8-4-6-10-21(19)22/h3-10,17,22-23H,2,11-16H2,1H3,(H,27,32)(H,29,30). The van der Waals surface area contributed by atoms with Gasteiger partial charge in [-0.1, -0.05) is 55.5 Å². The van der Waals surface area contributed by atoms with Crippen molar-refractivity contribution in [2.45, 2.75) is 44.3 Å². The normalized spacial score (nSPS) is 18.7. The van der Waals surface area contributed by atoms with E-state index in [-0.39, 0.29) is 37.6 Å². The minimum atomic E-state index is -1.05. The number of hydrogen-bond donors (Lipinski definition) is 2. The van der Waals surface area contributed by atoms with Crippen LogP contribution in [0.1, 0.15) is 43.2 Å². The van der Waals surface area contributed by atoms with Crippen molar-refractivity contribution in [3.05, 3.63) is 59.7 Å². The van der Waals surface area contributed by atoms with E-state index in [0.717, 1.165) is 11.1 Å². The van der Waals surface area contributed by atoms with Crippen molar-refractivity contribution in [1.82, 2.24) is 10.2 Å². The van der Waals surface area contributed by atoms with Crippen molar-refractivity contribution in [3.63, 3.8) is 0 Å². The number of nitrogens with one attached hydrogen (secondary N) is 1. The summed E-state index contributed by atoms with van der Waals surface area (Å²) in [5, 5.41) is 11.8. The maximum atomic E-state index is 12.6. The topological polar surface area (TPSA) is 105 Å². The highest BCUT2D eigenvalue weighted by atomic mass is 16.5. The third-order valence-corrected chi connectivity index (χ3v) is 6.33. The molecule has 0 spiro atoms. The van der Waals surface area contributed by atoms with E-state index in [9.17, 15) is 14.4 Å². The van der Waals surface area contributed by atoms with Gasteiger partial charge in [-0.3, -0.25) is 9.59 Å². The summed E-state index contributed by atoms with van der Waals surface area (Å²) in [7, 11) is 0. The van der Waals surface area contributed by atoms with Gasteiger partial charge in [-0.25, -0.2) is 4.79 Å². The van der Waals surface area contributed by atoms with Crippen molar-refractivity contribution < 1.29 is 29.0 Å². The first kappa shape index (κ1) is 23.8. The van der Waals surface area contributed by atoms with Gasteiger partial charge >= 0.3 is 12.1 Å². The lowest BCUT2D eigenvalue weighted by Gasteiger charge is -2.23. The van der Waals surface area contributed by atoms with Crippen molar-refractivity contribution in [2.24, 2.45) is 0 Å². The molecule has 0 bridgehead atoms. The van der Waals surface area contributed by atoms with Crippen molar-refractivity contribution in [2.75, 3.05) is 26.2 Å². The third kappa shape index (κ3) is 5.22. The van der Waals surface area contributed by atoms with Crippen LogP contribution in [0, 0.1) is 0 Å². The number of alkyl carbamates (subject to hydrolysis) is 1. The molecule has 8 heteroatoms. The van der Waals surface area contributed by atoms with Crippen LogP contribution in [0.25, 0.3) is 11.1 Å². The molecule has 34 heavy (non-hydrogen) atoms. The molecule has 0 saturated carbocycles. The Bertz CT molecular complexity index is 1010. The summed E-state index contributed by atoms with van der Waals surface area (Å²) in [5.41, 5.74) is 4.63. The highest BCUT2D eigenvalue weighted by molar-refractivity contribution is 5.85. The predicted molar refractivity (Wildman–Crippen MR) is 125 cm³/mol. The number of carbonyl (C=O) groups excluding carboxylic acids is 2. The zero-order chi connectivity index (χ0) is 24.1. The minimum absolute atomic E-state index is 0.0123. The summed E-state index contributed by atoms with van der Waals surface area (Å²) in [4.78, 5) is 37.4. The van der Waals surface area contributed by atoms with E-state index >= 15 is 0 Å². The molecule has 1 saturated heterocycles. The van der Waals surface area contributed by atoms with Gasteiger partial charge in [0.25, 0.3) is 5.91 Å². The molecule has 2 N–H and O–H groups in total. The minimum Gasteiger partial charge on any atom is -0.480 e. The largest absolute Gasteiger partial charge is 0.480 e. The van der Waals surface area contributed by atoms with Gasteiger partial charge in [0.15, 0.2) is 0 Å². The van der Waals surface area contributed by atoms with E-state index in [1.54, 1.807) is 0 Å². The van der Waals surface area contributed by atoms with Crippen LogP contribution in [0.15, 0.2) is 48.5 Å². The first-order valence-electron chi connectivity index (χ1n) is 11.7. The fraction of sp³-hybridized carbons (Fsp3) is 0.423. The summed E-state index contributed by atoms with van der Waals surface area (Å²) >= 11 is 0. The Morgan fingerprint density at radius 3 is 2.32 bits per heavy atom. The number of carbonyl (C=O) groups is 3. The highest BCUT2D eigenvalue weighted by Gasteiger charge is 2.34. The van der Waals surface area contributed by atoms with Crippen LogP contribution in [0.5, 0.6) is 0 Å². The van der Waals surface area contributed by atoms with Gasteiger partial charge in [-0.2, -0.15) is 0 Å². The monoisotopic (exact) mass is 466 g/mol. The number of fused-ring (bicyclic) bond motifs is 3. The van der Waals surface area contributed by atoms with E-state index in [0.29, 0.717) is 25.8 Å². The number of carboxylic acid groups (broad SMARTS) is 1. The molecule has 0 radical (unpaired) electrons. The molecule has 4 rings (SSSR count). The van der Waals surface area contributed by atoms with Gasteiger partial charge in [0.2, 0.25) is 0 Å². The van der Waals surface area contributed by atoms with Crippen LogP contribution in [-0.4, -0.2) is 66.4 Å². The molecular weight excluding hydrogens is 436 g/mol. The quantitative estimate of drug-likeness (QED) is 0.587. The van der Waals surface area contributed by atoms with E-state index in [2.05, 4.69) is 29.6 Å². The Morgan fingerprint density at radius 2 is 1.71 bits per heavy atom. The molecule has 8 nitrogen and oxygen atoms in total. The first-order chi connectivity index (χ1) is 16.5. The Balaban J connectivity index is 1.26. The SMILES string of the molecule is CCCN(CC(=O)O)C(=O)C1CCC(CNC(=O)OCC2c3ccccc3-c3ccccc32)O1. The molecule has 180 valence electrons. The van der Waals surface area contributed by atoms with Crippen LogP contribution >= 0.6 is 0 Å². The third-order valence-electron chi connectivity index (χ3n) is 6.33. The van der Waals surface area contributed by atoms with E-state index in [1.165, 1.54) is 16.0 Å². The molecule has 1 aliphatic heterocycles. The molecule has 0 aromatic heterocycles. The van der Waals surface area contributed by atoms with Crippen LogP contribution in [-0.2, 0) is 19.1 Å². The number of hydrogen-bond acceptors (Lipinski definition) is 5. The Kier molecular flexibility index (Phi) is 7.47. The number of benzene rings is 2. The Morgan fingerprint density at radius 1 is 1.06 bits per heavy atom. The molecule has 2 amide bonds. The first-order valence-corrected chi connectivity index (χ1v) is 11.7. The van der Waals surface area contributed by atoms with Gasteiger partial charge in [0.05, 0.1) is 6.10 Å². The number of aliphatic carboxylic acids is 1. The number of carboxylic acids is 1. The second kappa shape index (κ2) is 10.7. The summed E-state index contributed by atoms with van der Waals surface area (Å²) in [6, 6.07) is 16.3. The average Bonchev–Trinajstić information content (AvgIpc) is 3.43. The maximum absolute atomic E-state index is 12.6. The molecule has 2 aromatic carbocycles. The maximum Gasteiger partial charge on any atom is 0.407 e. The highest BCUT2D eigenvalue weighted by Crippen LogP contribution is 2.44. The van der Waals surface area contributed by atoms with Gasteiger partial charge in [-0.15, -0.1) is 0 Å². The zero-order valence-electron chi connectivity index (χ0n) is 19.2. The summed E-state index contributed by atoms with van der Waals surface area (Å²) in [6.07, 6.45) is 0.239. The van der Waals surface area contributed by atoms with E-state index in [4.69, 9.17) is 14.6 Å². The van der Waals surface area contributed by atoms with E-state index < -0.39 is 18.2 Å². The van der Waals surface area contributed by atoms with Crippen molar-refractivity contribution in [3.8, 4) is 11.1 Å². The molecule has 2 aliphatic rings. The average molecular weight is 467 g/mol. The van der Waals surface area contributed by atoms with Crippen molar-refractivity contribution >= 4 is 18.0 Å². The van der Waals surface area contributed by atoms with Gasteiger partial charge in [-0.05, 0) is 41.5 Å². The van der Waals surface area contributed by atoms with Crippen LogP contribution in [0.4, 0.5) is 4.79 Å². The number of nitrogens with zero attached hydrogens (tertiary/aromatic N) is 1. The Hall–Kier alpha value is -3.39. The molecule has 1 aliphatic carbocycles. The fourth-order valence-electron chi connectivity index (χ4n) is 4.79. The fourth-order valence-corrected chi connectivity index (χ4v) is 4.79. The molecule has 2 atom stereocenters. The summed E-state index contributed by atoms with van der Waals surface area (Å²) < 4.78 is 11.3. The van der Waals surface area contributed by atoms with Crippen LogP contribution in [0.2, 0.25) is 0 Å². The Labute approximate surface area is 198 Å². The molecule has 2 aromatic rings. The molecular formula is C26H30N2O6. The van der Waals surface area contributed by atoms with Crippen LogP contribution in [0.3, 0.4) is 0 Å². The molecule has 2 unspecified atom stereocenters. The van der Waals surface area contributed by atoms with Gasteiger partial charge in [0, 0.05) is 19.0 Å². The zero-order valence-corrected chi connectivity index (χ0v) is 19.2. The lowest BCUT2D eigenvalue weighted by molar-refractivity contribution is -0.150. The van der Waals surface area contributed by atoms with E-state index in [1.807, 2.05) is 31.2 Å². The number of ether oxygens (including phenoxy) is 2. The molecule has 1 fully saturated rings. The van der Waals surface area contributed by atoms with Crippen LogP contribution < -0.4 is 5.32 Å². The van der Waals surface area contributed by atoms with Crippen molar-refractivity contribution in [1.29, 1.82) is 0 Å². The number of amides is 2. The lowest BCUT2D eigenvalue weighted by atomic mass is 9.98. The lowest BCUT2D eigenvalue weighted by Crippen LogP contribution is -2.43. The number of rotatable bonds is 9. The second-order valence-electron chi connectivity index (χ2n) is 8.68. The molecule has 1 heterocycles. The predicted octanol–water partition coefficient (Wildman–Crippen LogP) is 3.40. The van der Waals surface area contributed by atoms with Gasteiger partial charge < -0.3 is 24.8 Å². The second-order valence-corrected chi connectivity index (χ2v) is 8.68. The smallest absolute Gasteiger partial charge is 0.407 e. The summed E-state index contributed by atoms with van der Waals surface area (Å²) in [5.74, 6) is -1.37. The van der Waals surface area contributed by atoms with Gasteiger partial charge in [0.1, 0.15) is 19.3 Å².